The second kappa shape index (κ2) is 8.06. The van der Waals surface area contributed by atoms with Crippen molar-refractivity contribution in [2.24, 2.45) is 0 Å². The Labute approximate surface area is 145 Å². The van der Waals surface area contributed by atoms with Crippen LogP contribution in [0.25, 0.3) is 5.69 Å². The number of nitrogens with one attached hydrogen (secondary N) is 1. The first kappa shape index (κ1) is 17.3. The first-order chi connectivity index (χ1) is 12.2. The van der Waals surface area contributed by atoms with Gasteiger partial charge in [-0.15, -0.1) is 10.2 Å². The molecule has 8 heteroatoms. The van der Waals surface area contributed by atoms with Crippen LogP contribution in [0.5, 0.6) is 0 Å². The number of amides is 2. The van der Waals surface area contributed by atoms with Gasteiger partial charge in [0.2, 0.25) is 0 Å². The third-order valence-electron chi connectivity index (χ3n) is 4.28. The Morgan fingerprint density at radius 3 is 2.88 bits per heavy atom. The predicted molar refractivity (Wildman–Crippen MR) is 91.2 cm³/mol. The largest absolute Gasteiger partial charge is 0.376 e. The summed E-state index contributed by atoms with van der Waals surface area (Å²) in [6.45, 7) is 3.67. The maximum atomic E-state index is 14.1. The quantitative estimate of drug-likeness (QED) is 0.903. The summed E-state index contributed by atoms with van der Waals surface area (Å²) in [6, 6.07) is 4.13. The van der Waals surface area contributed by atoms with Gasteiger partial charge < -0.3 is 15.0 Å². The molecule has 1 aliphatic heterocycles. The SMILES string of the molecule is CCN(CC1CCCCO1)C(=O)Nc1cc(-n2cnnc2)ccc1F. The minimum Gasteiger partial charge on any atom is -0.376 e. The van der Waals surface area contributed by atoms with Gasteiger partial charge in [-0.2, -0.15) is 0 Å². The number of carbonyl (C=O) groups excluding carboxylic acids is 1. The summed E-state index contributed by atoms with van der Waals surface area (Å²) in [5, 5.41) is 10.1. The van der Waals surface area contributed by atoms with Crippen LogP contribution < -0.4 is 5.32 Å². The predicted octanol–water partition coefficient (Wildman–Crippen LogP) is 2.83. The number of rotatable bonds is 5. The van der Waals surface area contributed by atoms with E-state index in [4.69, 9.17) is 4.74 Å². The third kappa shape index (κ3) is 4.33. The Balaban J connectivity index is 1.69. The molecule has 2 aromatic rings. The van der Waals surface area contributed by atoms with Crippen LogP contribution in [0.1, 0.15) is 26.2 Å². The van der Waals surface area contributed by atoms with Crippen molar-refractivity contribution in [1.29, 1.82) is 0 Å². The molecule has 0 saturated carbocycles. The Hall–Kier alpha value is -2.48. The van der Waals surface area contributed by atoms with E-state index in [9.17, 15) is 9.18 Å². The summed E-state index contributed by atoms with van der Waals surface area (Å²) in [4.78, 5) is 14.2. The lowest BCUT2D eigenvalue weighted by atomic mass is 10.1. The summed E-state index contributed by atoms with van der Waals surface area (Å²) in [7, 11) is 0. The van der Waals surface area contributed by atoms with Crippen LogP contribution in [0.2, 0.25) is 0 Å². The highest BCUT2D eigenvalue weighted by Crippen LogP contribution is 2.20. The number of halogens is 1. The zero-order chi connectivity index (χ0) is 17.6. The maximum absolute atomic E-state index is 14.1. The van der Waals surface area contributed by atoms with E-state index in [2.05, 4.69) is 15.5 Å². The van der Waals surface area contributed by atoms with Gasteiger partial charge in [-0.3, -0.25) is 4.57 Å². The number of anilines is 1. The molecule has 3 rings (SSSR count). The van der Waals surface area contributed by atoms with Crippen LogP contribution in [-0.4, -0.2) is 51.5 Å². The van der Waals surface area contributed by atoms with E-state index < -0.39 is 5.82 Å². The number of benzene rings is 1. The topological polar surface area (TPSA) is 72.3 Å². The van der Waals surface area contributed by atoms with E-state index in [1.54, 1.807) is 21.6 Å². The molecule has 1 aromatic heterocycles. The van der Waals surface area contributed by atoms with Crippen LogP contribution in [0.4, 0.5) is 14.9 Å². The monoisotopic (exact) mass is 347 g/mol. The van der Waals surface area contributed by atoms with Gasteiger partial charge in [0, 0.05) is 19.7 Å². The number of carbonyl (C=O) groups is 1. The fourth-order valence-electron chi connectivity index (χ4n) is 2.85. The number of nitrogens with zero attached hydrogens (tertiary/aromatic N) is 4. The number of ether oxygens (including phenoxy) is 1. The van der Waals surface area contributed by atoms with Crippen molar-refractivity contribution in [3.63, 3.8) is 0 Å². The normalized spacial score (nSPS) is 17.3. The van der Waals surface area contributed by atoms with Crippen LogP contribution in [0, 0.1) is 5.82 Å². The Kier molecular flexibility index (Phi) is 5.60. The molecule has 1 unspecified atom stereocenters. The molecule has 1 saturated heterocycles. The molecule has 0 aliphatic carbocycles. The lowest BCUT2D eigenvalue weighted by molar-refractivity contribution is 0.00221. The lowest BCUT2D eigenvalue weighted by Gasteiger charge is -2.29. The summed E-state index contributed by atoms with van der Waals surface area (Å²) in [6.07, 6.45) is 6.19. The van der Waals surface area contributed by atoms with Gasteiger partial charge in [-0.25, -0.2) is 9.18 Å². The zero-order valence-corrected chi connectivity index (χ0v) is 14.2. The van der Waals surface area contributed by atoms with Gasteiger partial charge in [-0.1, -0.05) is 0 Å². The highest BCUT2D eigenvalue weighted by Gasteiger charge is 2.21. The van der Waals surface area contributed by atoms with Crippen molar-refractivity contribution in [1.82, 2.24) is 19.7 Å². The minimum atomic E-state index is -0.491. The molecule has 1 atom stereocenters. The molecule has 25 heavy (non-hydrogen) atoms. The van der Waals surface area contributed by atoms with Crippen molar-refractivity contribution in [3.05, 3.63) is 36.7 Å². The summed E-state index contributed by atoms with van der Waals surface area (Å²) in [5.74, 6) is -0.491. The van der Waals surface area contributed by atoms with Crippen LogP contribution in [0.3, 0.4) is 0 Å². The smallest absolute Gasteiger partial charge is 0.322 e. The highest BCUT2D eigenvalue weighted by atomic mass is 19.1. The number of aromatic nitrogens is 3. The van der Waals surface area contributed by atoms with Crippen molar-refractivity contribution in [2.75, 3.05) is 25.0 Å². The highest BCUT2D eigenvalue weighted by molar-refractivity contribution is 5.89. The second-order valence-electron chi connectivity index (χ2n) is 5.99. The van der Waals surface area contributed by atoms with E-state index in [1.807, 2.05) is 6.92 Å². The van der Waals surface area contributed by atoms with E-state index >= 15 is 0 Å². The molecule has 0 radical (unpaired) electrons. The van der Waals surface area contributed by atoms with Gasteiger partial charge >= 0.3 is 6.03 Å². The second-order valence-corrected chi connectivity index (χ2v) is 5.99. The third-order valence-corrected chi connectivity index (χ3v) is 4.28. The lowest BCUT2D eigenvalue weighted by Crippen LogP contribution is -2.42. The van der Waals surface area contributed by atoms with E-state index in [0.29, 0.717) is 18.8 Å². The molecule has 0 bridgehead atoms. The number of hydrogen-bond donors (Lipinski definition) is 1. The van der Waals surface area contributed by atoms with Gasteiger partial charge in [-0.05, 0) is 44.4 Å². The molecule has 1 aliphatic rings. The fraction of sp³-hybridized carbons (Fsp3) is 0.471. The molecule has 134 valence electrons. The van der Waals surface area contributed by atoms with Crippen LogP contribution in [-0.2, 0) is 4.74 Å². The Morgan fingerprint density at radius 2 is 2.20 bits per heavy atom. The Morgan fingerprint density at radius 1 is 1.40 bits per heavy atom. The van der Waals surface area contributed by atoms with Gasteiger partial charge in [0.15, 0.2) is 0 Å². The summed E-state index contributed by atoms with van der Waals surface area (Å²) < 4.78 is 21.4. The summed E-state index contributed by atoms with van der Waals surface area (Å²) in [5.41, 5.74) is 0.791. The molecule has 0 spiro atoms. The van der Waals surface area contributed by atoms with Crippen LogP contribution in [0.15, 0.2) is 30.9 Å². The van der Waals surface area contributed by atoms with Crippen molar-refractivity contribution in [2.45, 2.75) is 32.3 Å². The van der Waals surface area contributed by atoms with Crippen LogP contribution >= 0.6 is 0 Å². The van der Waals surface area contributed by atoms with E-state index in [0.717, 1.165) is 25.9 Å². The molecule has 7 nitrogen and oxygen atoms in total. The molecule has 1 aromatic carbocycles. The van der Waals surface area contributed by atoms with Crippen molar-refractivity contribution < 1.29 is 13.9 Å². The molecule has 2 amide bonds. The van der Waals surface area contributed by atoms with E-state index in [1.165, 1.54) is 18.7 Å². The standard InChI is InChI=1S/C17H22FN5O2/c1-2-22(10-14-5-3-4-8-25-14)17(24)21-16-9-13(6-7-15(16)18)23-11-19-20-12-23/h6-7,9,11-12,14H,2-5,8,10H2,1H3,(H,21,24). The zero-order valence-electron chi connectivity index (χ0n) is 14.2. The van der Waals surface area contributed by atoms with Gasteiger partial charge in [0.25, 0.3) is 0 Å². The molecular weight excluding hydrogens is 325 g/mol. The fourth-order valence-corrected chi connectivity index (χ4v) is 2.85. The van der Waals surface area contributed by atoms with Gasteiger partial charge in [0.05, 0.1) is 17.5 Å². The number of likely N-dealkylation sites (N-methyl/N-ethyl adjacent to an activating group) is 1. The average Bonchev–Trinajstić information content (AvgIpc) is 3.17. The van der Waals surface area contributed by atoms with Crippen molar-refractivity contribution in [3.8, 4) is 5.69 Å². The molecule has 1 N–H and O–H groups in total. The molecule has 2 heterocycles. The number of hydrogen-bond acceptors (Lipinski definition) is 4. The number of urea groups is 1. The van der Waals surface area contributed by atoms with Crippen molar-refractivity contribution >= 4 is 11.7 Å². The molecular formula is C17H22FN5O2. The minimum absolute atomic E-state index is 0.0488. The first-order valence-corrected chi connectivity index (χ1v) is 8.49. The Bertz CT molecular complexity index is 701. The molecule has 1 fully saturated rings. The summed E-state index contributed by atoms with van der Waals surface area (Å²) >= 11 is 0. The first-order valence-electron chi connectivity index (χ1n) is 8.49. The average molecular weight is 347 g/mol. The van der Waals surface area contributed by atoms with E-state index in [-0.39, 0.29) is 17.8 Å². The van der Waals surface area contributed by atoms with Gasteiger partial charge in [0.1, 0.15) is 18.5 Å². The maximum Gasteiger partial charge on any atom is 0.322 e.